The molecule has 7 N–H and O–H groups in total. The number of ether oxygens (including phenoxy) is 2. The van der Waals surface area contributed by atoms with Gasteiger partial charge >= 0.3 is 0 Å². The van der Waals surface area contributed by atoms with Gasteiger partial charge in [-0.3, -0.25) is 23.7 Å². The Kier molecular flexibility index (Phi) is 32.6. The summed E-state index contributed by atoms with van der Waals surface area (Å²) in [4.78, 5) is 41.2. The number of methoxy groups -OCH3 is 2. The van der Waals surface area contributed by atoms with Crippen LogP contribution in [0.1, 0.15) is 76.0 Å². The fourth-order valence-electron chi connectivity index (χ4n) is 13.7. The molecular formula is C79H111Br2ClN20O8P2S. The SMILES string of the molecule is CCCCO.CCc1cc(N)c(OC)cc1N1CCC(N2CCN(C)CC2)CC1.CCc1cc(Nc2ncc(Br)c(Nc3ccc(-c4ncn(C)n4)cc3P(C)(C)=O)n2)c(OC)cc1N1CCC(N2CCN(C)CC2)CC1.Cc1ccc(S(=O)(=O)O)cc1.Cn1cnc(-c2ccc(Nc3nc(Cl)ncc3Br)c(P(C)(C)=O)c2)n1. The largest absolute Gasteiger partial charge is 0.495 e. The third kappa shape index (κ3) is 25.2. The van der Waals surface area contributed by atoms with Gasteiger partial charge in [0, 0.05) is 169 Å². The minimum absolute atomic E-state index is 0.0666. The highest BCUT2D eigenvalue weighted by molar-refractivity contribution is 9.11. The molecule has 4 saturated heterocycles. The second-order valence-electron chi connectivity index (χ2n) is 29.3. The summed E-state index contributed by atoms with van der Waals surface area (Å²) in [6.07, 6.45) is 15.3. The van der Waals surface area contributed by atoms with Crippen LogP contribution in [0.5, 0.6) is 11.5 Å². The quantitative estimate of drug-likeness (QED) is 0.0168. The Morgan fingerprint density at radius 3 is 1.42 bits per heavy atom. The summed E-state index contributed by atoms with van der Waals surface area (Å²) in [7, 11) is 2.17. The summed E-state index contributed by atoms with van der Waals surface area (Å²) in [5, 5.41) is 28.2. The third-order valence-electron chi connectivity index (χ3n) is 20.2. The summed E-state index contributed by atoms with van der Waals surface area (Å²) in [5.41, 5.74) is 16.7. The van der Waals surface area contributed by atoms with Crippen LogP contribution in [0.4, 0.5) is 51.7 Å². The molecule has 28 nitrogen and oxygen atoms in total. The van der Waals surface area contributed by atoms with Crippen molar-refractivity contribution in [2.75, 3.05) is 172 Å². The molecule has 4 aliphatic rings. The van der Waals surface area contributed by atoms with Crippen molar-refractivity contribution in [1.82, 2.24) is 69.1 Å². The highest BCUT2D eigenvalue weighted by atomic mass is 79.9. The van der Waals surface area contributed by atoms with Crippen LogP contribution >= 0.6 is 57.7 Å². The summed E-state index contributed by atoms with van der Waals surface area (Å²) < 4.78 is 71.7. The zero-order valence-corrected chi connectivity index (χ0v) is 73.9. The van der Waals surface area contributed by atoms with Gasteiger partial charge in [0.05, 0.1) is 50.8 Å². The van der Waals surface area contributed by atoms with E-state index in [0.29, 0.717) is 72.8 Å². The minimum atomic E-state index is -4.02. The molecule has 113 heavy (non-hydrogen) atoms. The molecule has 0 bridgehead atoms. The third-order valence-corrected chi connectivity index (χ3v) is 25.5. The van der Waals surface area contributed by atoms with Crippen molar-refractivity contribution in [2.24, 2.45) is 14.1 Å². The van der Waals surface area contributed by atoms with E-state index < -0.39 is 24.4 Å². The molecule has 34 heteroatoms. The Morgan fingerprint density at radius 1 is 0.575 bits per heavy atom. The molecule has 0 amide bonds. The zero-order valence-electron chi connectivity index (χ0n) is 67.4. The van der Waals surface area contributed by atoms with E-state index in [-0.39, 0.29) is 10.2 Å². The van der Waals surface area contributed by atoms with Gasteiger partial charge in [-0.15, -0.1) is 0 Å². The molecule has 4 aliphatic heterocycles. The number of nitrogen functional groups attached to an aromatic ring is 1. The Hall–Kier alpha value is -7.64. The molecule has 612 valence electrons. The zero-order chi connectivity index (χ0) is 81.9. The van der Waals surface area contributed by atoms with Crippen molar-refractivity contribution >= 4 is 130 Å². The van der Waals surface area contributed by atoms with Crippen LogP contribution in [-0.4, -0.2) is 239 Å². The predicted octanol–water partition coefficient (Wildman–Crippen LogP) is 13.3. The number of aromatic nitrogens is 10. The van der Waals surface area contributed by atoms with Gasteiger partial charge in [-0.1, -0.05) is 44.9 Å². The number of nitrogens with one attached hydrogen (secondary N) is 3. The number of nitrogens with zero attached hydrogens (tertiary/aromatic N) is 16. The minimum Gasteiger partial charge on any atom is -0.495 e. The molecule has 0 atom stereocenters. The van der Waals surface area contributed by atoms with E-state index in [4.69, 9.17) is 41.5 Å². The number of unbranched alkanes of at least 4 members (excludes halogenated alkanes) is 1. The number of hydrogen-bond acceptors (Lipinski definition) is 25. The van der Waals surface area contributed by atoms with Gasteiger partial charge in [0.2, 0.25) is 11.2 Å². The average molecular weight is 1760 g/mol. The topological polar surface area (TPSA) is 322 Å². The van der Waals surface area contributed by atoms with Crippen LogP contribution in [0.25, 0.3) is 22.8 Å². The van der Waals surface area contributed by atoms with Gasteiger partial charge in [-0.25, -0.2) is 19.9 Å². The molecule has 9 aromatic rings. The maximum absolute atomic E-state index is 13.4. The smallest absolute Gasteiger partial charge is 0.294 e. The van der Waals surface area contributed by atoms with E-state index in [1.165, 1.54) is 99.6 Å². The Labute approximate surface area is 688 Å². The van der Waals surface area contributed by atoms with E-state index in [0.717, 1.165) is 111 Å². The van der Waals surface area contributed by atoms with Crippen LogP contribution < -0.4 is 51.6 Å². The first-order valence-corrected chi connectivity index (χ1v) is 46.7. The fourth-order valence-corrected chi connectivity index (χ4v) is 17.3. The Bertz CT molecular complexity index is 4830. The number of anilines is 9. The number of hydrogen-bond donors (Lipinski definition) is 6. The first kappa shape index (κ1) is 89.3. The number of nitrogens with two attached hydrogens (primary N) is 1. The van der Waals surface area contributed by atoms with Gasteiger partial charge in [0.25, 0.3) is 10.1 Å². The predicted molar refractivity (Wildman–Crippen MR) is 466 cm³/mol. The number of aryl methyl sites for hydroxylation is 5. The number of halogens is 3. The van der Waals surface area contributed by atoms with Crippen LogP contribution in [0.15, 0.2) is 124 Å². The van der Waals surface area contributed by atoms with Gasteiger partial charge in [-0.2, -0.15) is 28.6 Å². The lowest BCUT2D eigenvalue weighted by Gasteiger charge is -2.43. The first-order valence-electron chi connectivity index (χ1n) is 38.1. The van der Waals surface area contributed by atoms with Crippen molar-refractivity contribution in [3.8, 4) is 34.3 Å². The molecule has 13 rings (SSSR count). The van der Waals surface area contributed by atoms with Crippen LogP contribution in [0.2, 0.25) is 5.28 Å². The van der Waals surface area contributed by atoms with E-state index in [1.807, 2.05) is 50.4 Å². The number of likely N-dealkylation sites (N-methyl/N-ethyl adjacent to an activating group) is 2. The maximum atomic E-state index is 13.4. The molecule has 5 aromatic carbocycles. The second-order valence-corrected chi connectivity index (χ2v) is 39.2. The molecule has 0 saturated carbocycles. The number of piperazine rings is 2. The summed E-state index contributed by atoms with van der Waals surface area (Å²) in [6, 6.07) is 27.2. The van der Waals surface area contributed by atoms with Gasteiger partial charge in [0.15, 0.2) is 11.6 Å². The monoisotopic (exact) mass is 1750 g/mol. The lowest BCUT2D eigenvalue weighted by molar-refractivity contribution is 0.0982. The molecule has 4 aromatic heterocycles. The number of rotatable bonds is 21. The molecule has 8 heterocycles. The standard InChI is InChI=1S/C34H46BrN10O2P.C19H32N4O.C15H15BrClN6OP.C7H8O3S.C4H10O/c1-7-23-18-28(30(47-4)20-29(23)45-12-10-25(11-13-45)44-16-14-42(2)15-17-44)39-34-36-21-26(35)33(40-34)38-27-9-8-24(19-31(27)48(5,6)46)32-37-22-43(3)41-32;1-4-15-13-17(20)19(24-3)14-18(15)23-7-5-16(6-8-23)22-11-9-21(2)10-12-22;1-23-8-19-13(22-23)9-4-5-11(12(6-9)25(2,3)24)20-14-10(16)7-18-15(17)21-14;1-6-2-4-7(5-3-6)11(8,9)10;1-2-3-4-5/h8-9,18-22,25H,7,10-17H2,1-6H3,(H2,36,38,39,40);13-14,16H,4-12,20H2,1-3H3;4-8H,1-3H3,(H,18,20,21);2-5H,1H3,(H,8,9,10);5H,2-4H2,1H3. The molecular weight excluding hydrogens is 1650 g/mol. The van der Waals surface area contributed by atoms with E-state index >= 15 is 0 Å². The normalized spacial score (nSPS) is 15.6. The van der Waals surface area contributed by atoms with Crippen LogP contribution in [-0.2, 0) is 46.2 Å². The molecule has 0 unspecified atom stereocenters. The summed E-state index contributed by atoms with van der Waals surface area (Å²) in [6.45, 7) is 29.4. The van der Waals surface area contributed by atoms with Gasteiger partial charge < -0.3 is 65.0 Å². The van der Waals surface area contributed by atoms with E-state index in [9.17, 15) is 17.5 Å². The number of aliphatic hydroxyl groups excluding tert-OH is 1. The second kappa shape index (κ2) is 41.3. The Balaban J connectivity index is 0.000000189. The fraction of sp³-hybridized carbons (Fsp3) is 0.468. The maximum Gasteiger partial charge on any atom is 0.294 e. The van der Waals surface area contributed by atoms with Crippen molar-refractivity contribution in [3.05, 3.63) is 141 Å². The lowest BCUT2D eigenvalue weighted by atomic mass is 9.99. The van der Waals surface area contributed by atoms with E-state index in [1.54, 1.807) is 94.5 Å². The van der Waals surface area contributed by atoms with Crippen molar-refractivity contribution < 1.29 is 36.7 Å². The number of piperidine rings is 2. The summed E-state index contributed by atoms with van der Waals surface area (Å²) >= 11 is 12.8. The van der Waals surface area contributed by atoms with Gasteiger partial charge in [0.1, 0.15) is 50.1 Å². The molecule has 0 spiro atoms. The molecule has 0 aliphatic carbocycles. The highest BCUT2D eigenvalue weighted by Gasteiger charge is 2.31. The highest BCUT2D eigenvalue weighted by Crippen LogP contribution is 2.43. The van der Waals surface area contributed by atoms with Gasteiger partial charge in [-0.05, 0) is 208 Å². The molecule has 0 radical (unpaired) electrons. The summed E-state index contributed by atoms with van der Waals surface area (Å²) in [5.74, 6) is 4.14. The number of benzene rings is 5. The lowest BCUT2D eigenvalue weighted by Crippen LogP contribution is -2.52. The average Bonchev–Trinajstić information content (AvgIpc) is 1.57. The van der Waals surface area contributed by atoms with Crippen LogP contribution in [0.3, 0.4) is 0 Å². The van der Waals surface area contributed by atoms with Crippen molar-refractivity contribution in [3.63, 3.8) is 0 Å². The van der Waals surface area contributed by atoms with E-state index in [2.05, 4.69) is 171 Å². The molecule has 4 fully saturated rings. The Morgan fingerprint density at radius 2 is 1.02 bits per heavy atom. The van der Waals surface area contributed by atoms with Crippen molar-refractivity contribution in [2.45, 2.75) is 96.0 Å². The number of aliphatic hydroxyl groups is 1. The first-order chi connectivity index (χ1) is 53.8. The van der Waals surface area contributed by atoms with Crippen molar-refractivity contribution in [1.29, 1.82) is 0 Å². The van der Waals surface area contributed by atoms with Crippen LogP contribution in [0, 0.1) is 6.92 Å².